The Morgan fingerprint density at radius 2 is 2.03 bits per heavy atom. The highest BCUT2D eigenvalue weighted by atomic mass is 32.1. The quantitative estimate of drug-likeness (QED) is 0.451. The Bertz CT molecular complexity index is 1330. The fraction of sp³-hybridized carbons (Fsp3) is 0.227. The number of esters is 1. The van der Waals surface area contributed by atoms with Gasteiger partial charge in [0.15, 0.2) is 21.9 Å². The van der Waals surface area contributed by atoms with Crippen LogP contribution in [0.1, 0.15) is 23.0 Å². The average Bonchev–Trinajstić information content (AvgIpc) is 3.30. The van der Waals surface area contributed by atoms with E-state index in [1.165, 1.54) is 18.4 Å². The first-order chi connectivity index (χ1) is 14.5. The van der Waals surface area contributed by atoms with Crippen LogP contribution in [0.15, 0.2) is 51.9 Å². The van der Waals surface area contributed by atoms with Gasteiger partial charge in [-0.1, -0.05) is 29.5 Å². The second-order valence-corrected chi connectivity index (χ2v) is 7.66. The van der Waals surface area contributed by atoms with Crippen molar-refractivity contribution >= 4 is 44.4 Å². The summed E-state index contributed by atoms with van der Waals surface area (Å²) in [6.45, 7) is 4.31. The third-order valence-corrected chi connectivity index (χ3v) is 5.61. The number of ether oxygens (including phenoxy) is 2. The van der Waals surface area contributed by atoms with E-state index in [0.29, 0.717) is 22.7 Å². The molecule has 4 rings (SSSR count). The number of rotatable bonds is 5. The van der Waals surface area contributed by atoms with Crippen molar-refractivity contribution in [3.63, 3.8) is 0 Å². The van der Waals surface area contributed by atoms with Gasteiger partial charge in [-0.2, -0.15) is 4.99 Å². The van der Waals surface area contributed by atoms with Crippen molar-refractivity contribution in [3.05, 3.63) is 58.6 Å². The maximum Gasteiger partial charge on any atom is 0.325 e. The van der Waals surface area contributed by atoms with E-state index in [1.807, 2.05) is 44.2 Å². The molecule has 0 saturated carbocycles. The number of benzene rings is 2. The fourth-order valence-corrected chi connectivity index (χ4v) is 4.29. The lowest BCUT2D eigenvalue weighted by molar-refractivity contribution is -0.141. The van der Waals surface area contributed by atoms with Gasteiger partial charge in [-0.15, -0.1) is 0 Å². The normalized spacial score (nSPS) is 11.9. The highest BCUT2D eigenvalue weighted by molar-refractivity contribution is 7.16. The third kappa shape index (κ3) is 3.73. The number of amides is 1. The van der Waals surface area contributed by atoms with E-state index >= 15 is 0 Å². The summed E-state index contributed by atoms with van der Waals surface area (Å²) in [5.74, 6) is -0.271. The third-order valence-electron chi connectivity index (χ3n) is 4.57. The van der Waals surface area contributed by atoms with Crippen molar-refractivity contribution < 1.29 is 23.5 Å². The van der Waals surface area contributed by atoms with Gasteiger partial charge in [0, 0.05) is 5.39 Å². The number of hydrogen-bond donors (Lipinski definition) is 0. The summed E-state index contributed by atoms with van der Waals surface area (Å²) in [4.78, 5) is 29.5. The first-order valence-corrected chi connectivity index (χ1v) is 10.2. The molecule has 8 heteroatoms. The number of fused-ring (bicyclic) bond motifs is 2. The summed E-state index contributed by atoms with van der Waals surface area (Å²) in [7, 11) is 1.33. The van der Waals surface area contributed by atoms with Gasteiger partial charge in [0.1, 0.15) is 6.54 Å². The molecule has 1 amide bonds. The van der Waals surface area contributed by atoms with E-state index in [4.69, 9.17) is 13.9 Å². The van der Waals surface area contributed by atoms with Gasteiger partial charge in [0.25, 0.3) is 0 Å². The Labute approximate surface area is 176 Å². The van der Waals surface area contributed by atoms with Crippen molar-refractivity contribution in [2.24, 2.45) is 4.99 Å². The van der Waals surface area contributed by atoms with E-state index in [9.17, 15) is 9.59 Å². The maximum atomic E-state index is 12.9. The highest BCUT2D eigenvalue weighted by Crippen LogP contribution is 2.29. The molecule has 0 aliphatic heterocycles. The summed E-state index contributed by atoms with van der Waals surface area (Å²) >= 11 is 1.33. The van der Waals surface area contributed by atoms with E-state index in [-0.39, 0.29) is 12.3 Å². The number of nitrogens with zero attached hydrogens (tertiary/aromatic N) is 2. The number of aryl methyl sites for hydroxylation is 1. The molecule has 30 heavy (non-hydrogen) atoms. The Balaban J connectivity index is 1.81. The zero-order chi connectivity index (χ0) is 21.3. The molecule has 2 heterocycles. The van der Waals surface area contributed by atoms with Gasteiger partial charge in [0.05, 0.1) is 23.9 Å². The average molecular weight is 424 g/mol. The van der Waals surface area contributed by atoms with Crippen LogP contribution in [0.4, 0.5) is 0 Å². The maximum absolute atomic E-state index is 12.9. The first-order valence-electron chi connectivity index (χ1n) is 9.41. The van der Waals surface area contributed by atoms with Gasteiger partial charge in [-0.3, -0.25) is 9.59 Å². The molecule has 0 unspecified atom stereocenters. The highest BCUT2D eigenvalue weighted by Gasteiger charge is 2.17. The molecule has 0 atom stereocenters. The van der Waals surface area contributed by atoms with Gasteiger partial charge < -0.3 is 18.5 Å². The van der Waals surface area contributed by atoms with Gasteiger partial charge in [0.2, 0.25) is 0 Å². The lowest BCUT2D eigenvalue weighted by atomic mass is 10.2. The van der Waals surface area contributed by atoms with Crippen LogP contribution >= 0.6 is 11.3 Å². The van der Waals surface area contributed by atoms with Crippen molar-refractivity contribution in [1.29, 1.82) is 0 Å². The van der Waals surface area contributed by atoms with Gasteiger partial charge in [-0.05, 0) is 43.7 Å². The van der Waals surface area contributed by atoms with Crippen LogP contribution in [0.25, 0.3) is 21.2 Å². The van der Waals surface area contributed by atoms with Gasteiger partial charge >= 0.3 is 11.9 Å². The molecule has 0 N–H and O–H groups in total. The van der Waals surface area contributed by atoms with Crippen LogP contribution < -0.4 is 9.54 Å². The molecule has 4 aromatic rings. The molecule has 0 saturated heterocycles. The second kappa shape index (κ2) is 8.16. The smallest absolute Gasteiger partial charge is 0.325 e. The van der Waals surface area contributed by atoms with Crippen LogP contribution in [-0.2, 0) is 16.1 Å². The zero-order valence-electron chi connectivity index (χ0n) is 16.8. The predicted octanol–water partition coefficient (Wildman–Crippen LogP) is 4.07. The lowest BCUT2D eigenvalue weighted by Gasteiger charge is -2.03. The van der Waals surface area contributed by atoms with Crippen molar-refractivity contribution in [3.8, 4) is 5.75 Å². The number of hydrogen-bond acceptors (Lipinski definition) is 6. The summed E-state index contributed by atoms with van der Waals surface area (Å²) in [5.41, 5.74) is 2.39. The van der Waals surface area contributed by atoms with Crippen molar-refractivity contribution in [2.75, 3.05) is 13.7 Å². The molecule has 2 aromatic carbocycles. The number of carbonyl (C=O) groups excluding carboxylic acids is 2. The summed E-state index contributed by atoms with van der Waals surface area (Å²) in [6.07, 6.45) is 0. The van der Waals surface area contributed by atoms with Crippen LogP contribution in [0.2, 0.25) is 0 Å². The molecule has 0 fully saturated rings. The molecule has 154 valence electrons. The van der Waals surface area contributed by atoms with Crippen molar-refractivity contribution in [1.82, 2.24) is 4.57 Å². The predicted molar refractivity (Wildman–Crippen MR) is 114 cm³/mol. The first kappa shape index (κ1) is 19.9. The standard InChI is InChI=1S/C22H20N2O5S/c1-4-28-16-7-5-6-14-11-17(29-20(14)16)21(26)23-22-24(12-19(25)27-3)15-9-8-13(2)10-18(15)30-22/h5-11H,4,12H2,1-3H3. The molecule has 7 nitrogen and oxygen atoms in total. The molecule has 0 aliphatic rings. The van der Waals surface area contributed by atoms with Crippen molar-refractivity contribution in [2.45, 2.75) is 20.4 Å². The Hall–Kier alpha value is -3.39. The largest absolute Gasteiger partial charge is 0.490 e. The van der Waals surface area contributed by atoms with Crippen LogP contribution in [-0.4, -0.2) is 30.2 Å². The van der Waals surface area contributed by atoms with Gasteiger partial charge in [-0.25, -0.2) is 0 Å². The molecular weight excluding hydrogens is 404 g/mol. The topological polar surface area (TPSA) is 83.0 Å². The number of methoxy groups -OCH3 is 1. The van der Waals surface area contributed by atoms with E-state index in [0.717, 1.165) is 21.2 Å². The molecular formula is C22H20N2O5S. The summed E-state index contributed by atoms with van der Waals surface area (Å²) in [6, 6.07) is 13.0. The molecule has 0 aliphatic carbocycles. The molecule has 0 radical (unpaired) electrons. The van der Waals surface area contributed by atoms with Crippen LogP contribution in [0.5, 0.6) is 5.75 Å². The van der Waals surface area contributed by atoms with E-state index in [2.05, 4.69) is 4.99 Å². The Kier molecular flexibility index (Phi) is 5.41. The summed E-state index contributed by atoms with van der Waals surface area (Å²) in [5, 5.41) is 0.758. The van der Waals surface area contributed by atoms with E-state index < -0.39 is 11.9 Å². The minimum Gasteiger partial charge on any atom is -0.490 e. The zero-order valence-corrected chi connectivity index (χ0v) is 17.6. The summed E-state index contributed by atoms with van der Waals surface area (Å²) < 4.78 is 18.7. The minimum atomic E-state index is -0.532. The molecule has 0 spiro atoms. The number of para-hydroxylation sites is 1. The number of aromatic nitrogens is 1. The number of thiazole rings is 1. The number of furan rings is 1. The second-order valence-electron chi connectivity index (χ2n) is 6.65. The van der Waals surface area contributed by atoms with E-state index in [1.54, 1.807) is 16.7 Å². The van der Waals surface area contributed by atoms with Crippen LogP contribution in [0, 0.1) is 6.92 Å². The monoisotopic (exact) mass is 424 g/mol. The SMILES string of the molecule is CCOc1cccc2cc(C(=O)N=c3sc4cc(C)ccc4n3CC(=O)OC)oc12. The molecule has 0 bridgehead atoms. The molecule has 2 aromatic heterocycles. The number of carbonyl (C=O) groups is 2. The van der Waals surface area contributed by atoms with Crippen LogP contribution in [0.3, 0.4) is 0 Å². The fourth-order valence-electron chi connectivity index (χ4n) is 3.17. The Morgan fingerprint density at radius 3 is 2.80 bits per heavy atom. The lowest BCUT2D eigenvalue weighted by Crippen LogP contribution is -2.22. The minimum absolute atomic E-state index is 0.0414. The Morgan fingerprint density at radius 1 is 1.20 bits per heavy atom.